The summed E-state index contributed by atoms with van der Waals surface area (Å²) in [5.41, 5.74) is 1.60. The van der Waals surface area contributed by atoms with E-state index in [2.05, 4.69) is 15.6 Å². The molecule has 1 amide bonds. The molecule has 3 aromatic rings. The molecule has 2 N–H and O–H groups in total. The minimum Gasteiger partial charge on any atom is -0.308 e. The maximum absolute atomic E-state index is 12.2. The third-order valence-corrected chi connectivity index (χ3v) is 4.62. The summed E-state index contributed by atoms with van der Waals surface area (Å²) in [6.45, 7) is 0. The smallest absolute Gasteiger partial charge is 0.270 e. The zero-order valence-corrected chi connectivity index (χ0v) is 15.9. The van der Waals surface area contributed by atoms with Gasteiger partial charge in [0.25, 0.3) is 11.6 Å². The Balaban J connectivity index is 1.64. The highest BCUT2D eigenvalue weighted by Crippen LogP contribution is 2.26. The monoisotopic (exact) mass is 418 g/mol. The average Bonchev–Trinajstić information content (AvgIpc) is 3.10. The van der Waals surface area contributed by atoms with Crippen LogP contribution in [0.1, 0.15) is 10.4 Å². The van der Waals surface area contributed by atoms with Crippen LogP contribution in [-0.4, -0.2) is 20.9 Å². The van der Waals surface area contributed by atoms with Crippen molar-refractivity contribution in [2.45, 2.75) is 0 Å². The molecule has 27 heavy (non-hydrogen) atoms. The number of benzene rings is 2. The van der Waals surface area contributed by atoms with E-state index in [4.69, 9.17) is 23.8 Å². The number of thiocarbonyl (C=S) groups is 1. The lowest BCUT2D eigenvalue weighted by Gasteiger charge is -2.07. The van der Waals surface area contributed by atoms with Crippen molar-refractivity contribution in [2.75, 3.05) is 5.32 Å². The van der Waals surface area contributed by atoms with Gasteiger partial charge >= 0.3 is 0 Å². The van der Waals surface area contributed by atoms with Crippen molar-refractivity contribution >= 4 is 57.0 Å². The van der Waals surface area contributed by atoms with E-state index in [-0.39, 0.29) is 16.4 Å². The van der Waals surface area contributed by atoms with Crippen LogP contribution in [0.25, 0.3) is 11.3 Å². The Hall–Kier alpha value is -2.88. The van der Waals surface area contributed by atoms with Crippen LogP contribution in [0.3, 0.4) is 0 Å². The first-order chi connectivity index (χ1) is 12.9. The number of hydrogen-bond acceptors (Lipinski definition) is 6. The van der Waals surface area contributed by atoms with Gasteiger partial charge in [-0.25, -0.2) is 4.98 Å². The molecule has 0 radical (unpaired) electrons. The lowest BCUT2D eigenvalue weighted by molar-refractivity contribution is -0.384. The van der Waals surface area contributed by atoms with Gasteiger partial charge in [-0.05, 0) is 30.4 Å². The fraction of sp³-hybridized carbons (Fsp3) is 0. The number of nitrogens with zero attached hydrogens (tertiary/aromatic N) is 2. The Morgan fingerprint density at radius 1 is 1.22 bits per heavy atom. The molecule has 0 aliphatic carbocycles. The van der Waals surface area contributed by atoms with Crippen molar-refractivity contribution < 1.29 is 9.72 Å². The van der Waals surface area contributed by atoms with Crippen LogP contribution in [0.4, 0.5) is 10.8 Å². The second-order valence-electron chi connectivity index (χ2n) is 5.26. The van der Waals surface area contributed by atoms with Gasteiger partial charge in [0, 0.05) is 33.7 Å². The van der Waals surface area contributed by atoms with Crippen molar-refractivity contribution in [1.82, 2.24) is 10.3 Å². The van der Waals surface area contributed by atoms with Crippen LogP contribution >= 0.6 is 35.2 Å². The molecule has 136 valence electrons. The molecule has 1 heterocycles. The molecule has 10 heteroatoms. The number of nitro benzene ring substituents is 1. The Bertz CT molecular complexity index is 1020. The Morgan fingerprint density at radius 2 is 1.96 bits per heavy atom. The van der Waals surface area contributed by atoms with Crippen molar-refractivity contribution in [1.29, 1.82) is 0 Å². The van der Waals surface area contributed by atoms with E-state index in [1.807, 2.05) is 17.5 Å². The molecule has 0 saturated heterocycles. The summed E-state index contributed by atoms with van der Waals surface area (Å²) in [4.78, 5) is 26.8. The molecule has 1 aromatic heterocycles. The zero-order chi connectivity index (χ0) is 19.4. The highest BCUT2D eigenvalue weighted by atomic mass is 35.5. The molecule has 0 aliphatic rings. The number of anilines is 1. The van der Waals surface area contributed by atoms with Crippen molar-refractivity contribution in [3.05, 3.63) is 74.6 Å². The quantitative estimate of drug-likeness (QED) is 0.368. The van der Waals surface area contributed by atoms with E-state index in [1.54, 1.807) is 12.1 Å². The highest BCUT2D eigenvalue weighted by molar-refractivity contribution is 7.80. The standard InChI is InChI=1S/C17H11ClN4O3S2/c18-12-6-4-10(5-7-12)14-9-27-17(19-14)21-16(26)20-15(23)11-2-1-3-13(8-11)22(24)25/h1-9H,(H2,19,20,21,23,26). The van der Waals surface area contributed by atoms with Gasteiger partial charge in [0.2, 0.25) is 0 Å². The first-order valence-electron chi connectivity index (χ1n) is 7.50. The van der Waals surface area contributed by atoms with E-state index in [0.29, 0.717) is 10.2 Å². The topological polar surface area (TPSA) is 97.2 Å². The molecule has 0 saturated carbocycles. The van der Waals surface area contributed by atoms with Crippen LogP contribution in [0.2, 0.25) is 5.02 Å². The molecule has 0 aliphatic heterocycles. The zero-order valence-electron chi connectivity index (χ0n) is 13.5. The minimum atomic E-state index is -0.568. The molecule has 0 fully saturated rings. The fourth-order valence-corrected chi connectivity index (χ4v) is 3.25. The van der Waals surface area contributed by atoms with Crippen LogP contribution in [0, 0.1) is 10.1 Å². The Kier molecular flexibility index (Phi) is 5.75. The number of thiazole rings is 1. The van der Waals surface area contributed by atoms with Crippen LogP contribution in [-0.2, 0) is 0 Å². The number of carbonyl (C=O) groups is 1. The fourth-order valence-electron chi connectivity index (χ4n) is 2.15. The lowest BCUT2D eigenvalue weighted by Crippen LogP contribution is -2.34. The van der Waals surface area contributed by atoms with Gasteiger partial charge in [-0.3, -0.25) is 20.2 Å². The van der Waals surface area contributed by atoms with Gasteiger partial charge in [0.1, 0.15) is 0 Å². The third-order valence-electron chi connectivity index (χ3n) is 3.41. The number of rotatable bonds is 4. The number of amides is 1. The molecule has 0 atom stereocenters. The van der Waals surface area contributed by atoms with Crippen molar-refractivity contribution in [2.24, 2.45) is 0 Å². The second-order valence-corrected chi connectivity index (χ2v) is 6.96. The van der Waals surface area contributed by atoms with E-state index in [9.17, 15) is 14.9 Å². The number of nitro groups is 1. The van der Waals surface area contributed by atoms with Gasteiger partial charge in [-0.1, -0.05) is 29.8 Å². The van der Waals surface area contributed by atoms with Gasteiger partial charge in [-0.15, -0.1) is 11.3 Å². The van der Waals surface area contributed by atoms with E-state index < -0.39 is 10.8 Å². The van der Waals surface area contributed by atoms with Gasteiger partial charge in [-0.2, -0.15) is 0 Å². The third kappa shape index (κ3) is 4.85. The van der Waals surface area contributed by atoms with Crippen molar-refractivity contribution in [3.63, 3.8) is 0 Å². The van der Waals surface area contributed by atoms with Gasteiger partial charge in [0.05, 0.1) is 10.6 Å². The number of halogens is 1. The number of aromatic nitrogens is 1. The molecular weight excluding hydrogens is 408 g/mol. The molecule has 0 bridgehead atoms. The van der Waals surface area contributed by atoms with E-state index >= 15 is 0 Å². The maximum atomic E-state index is 12.2. The Labute approximate surface area is 168 Å². The van der Waals surface area contributed by atoms with Crippen molar-refractivity contribution in [3.8, 4) is 11.3 Å². The number of hydrogen-bond donors (Lipinski definition) is 2. The second kappa shape index (κ2) is 8.21. The largest absolute Gasteiger partial charge is 0.308 e. The minimum absolute atomic E-state index is 0.0449. The summed E-state index contributed by atoms with van der Waals surface area (Å²) < 4.78 is 0. The lowest BCUT2D eigenvalue weighted by atomic mass is 10.2. The molecule has 7 nitrogen and oxygen atoms in total. The molecule has 2 aromatic carbocycles. The van der Waals surface area contributed by atoms with Gasteiger partial charge < -0.3 is 5.32 Å². The van der Waals surface area contributed by atoms with Crippen LogP contribution in [0.5, 0.6) is 0 Å². The Morgan fingerprint density at radius 3 is 2.67 bits per heavy atom. The van der Waals surface area contributed by atoms with Crippen LogP contribution < -0.4 is 10.6 Å². The predicted octanol–water partition coefficient (Wildman–Crippen LogP) is 4.50. The summed E-state index contributed by atoms with van der Waals surface area (Å²) in [7, 11) is 0. The summed E-state index contributed by atoms with van der Waals surface area (Å²) in [6, 6.07) is 12.6. The summed E-state index contributed by atoms with van der Waals surface area (Å²) in [5.74, 6) is -0.550. The highest BCUT2D eigenvalue weighted by Gasteiger charge is 2.13. The van der Waals surface area contributed by atoms with Crippen LogP contribution in [0.15, 0.2) is 53.9 Å². The molecular formula is C17H11ClN4O3S2. The first kappa shape index (κ1) is 18.9. The van der Waals surface area contributed by atoms with Gasteiger partial charge in [0.15, 0.2) is 10.2 Å². The van der Waals surface area contributed by atoms with E-state index in [0.717, 1.165) is 11.3 Å². The average molecular weight is 419 g/mol. The number of carbonyl (C=O) groups excluding carboxylic acids is 1. The van der Waals surface area contributed by atoms with E-state index in [1.165, 1.54) is 35.6 Å². The summed E-state index contributed by atoms with van der Waals surface area (Å²) >= 11 is 12.3. The summed E-state index contributed by atoms with van der Waals surface area (Å²) in [5, 5.41) is 19.1. The SMILES string of the molecule is O=C(NC(=S)Nc1nc(-c2ccc(Cl)cc2)cs1)c1cccc([N+](=O)[O-])c1. The number of non-ortho nitro benzene ring substituents is 1. The first-order valence-corrected chi connectivity index (χ1v) is 9.17. The molecule has 0 spiro atoms. The molecule has 3 rings (SSSR count). The molecule has 0 unspecified atom stereocenters. The number of nitrogens with one attached hydrogen (secondary N) is 2. The summed E-state index contributed by atoms with van der Waals surface area (Å²) in [6.07, 6.45) is 0. The predicted molar refractivity (Wildman–Crippen MR) is 109 cm³/mol. The maximum Gasteiger partial charge on any atom is 0.270 e. The normalized spacial score (nSPS) is 10.3.